The summed E-state index contributed by atoms with van der Waals surface area (Å²) in [5, 5.41) is 4.61. The number of furan rings is 1. The molecule has 2 atom stereocenters. The zero-order valence-electron chi connectivity index (χ0n) is 14.5. The number of carbonyl (C=O) groups is 3. The molecule has 134 valence electrons. The maximum absolute atomic E-state index is 11.8. The van der Waals surface area contributed by atoms with Gasteiger partial charge in [-0.25, -0.2) is 9.79 Å². The van der Waals surface area contributed by atoms with Crippen LogP contribution in [0.3, 0.4) is 0 Å². The maximum Gasteiger partial charge on any atom is 0.322 e. The van der Waals surface area contributed by atoms with E-state index >= 15 is 0 Å². The third kappa shape index (κ3) is 3.96. The van der Waals surface area contributed by atoms with Crippen LogP contribution in [0.2, 0.25) is 0 Å². The second-order valence-corrected chi connectivity index (χ2v) is 5.81. The van der Waals surface area contributed by atoms with Crippen molar-refractivity contribution in [3.8, 4) is 0 Å². The smallest absolute Gasteiger partial charge is 0.322 e. The number of nitrogens with zero attached hydrogens (tertiary/aromatic N) is 2. The highest BCUT2D eigenvalue weighted by atomic mass is 16.3. The number of nitrogens with one attached hydrogen (secondary N) is 2. The fourth-order valence-electron chi connectivity index (χ4n) is 2.70. The van der Waals surface area contributed by atoms with Gasteiger partial charge in [0, 0.05) is 12.1 Å². The van der Waals surface area contributed by atoms with Crippen molar-refractivity contribution >= 4 is 35.9 Å². The van der Waals surface area contributed by atoms with E-state index in [4.69, 9.17) is 4.42 Å². The first-order valence-electron chi connectivity index (χ1n) is 8.07. The molecule has 1 fully saturated rings. The molecule has 8 heteroatoms. The Morgan fingerprint density at radius 3 is 2.76 bits per heavy atom. The summed E-state index contributed by atoms with van der Waals surface area (Å²) in [5.74, 6) is 0.625. The highest BCUT2D eigenvalue weighted by molar-refractivity contribution is 6.04. The van der Waals surface area contributed by atoms with Crippen molar-refractivity contribution in [3.05, 3.63) is 24.2 Å². The standard InChI is InChI=1S/C17H22N4O4/c1-5-7-10(3)21(9-22)11(4)18-12-8-14(25-13(12)6-2)15-16(23)20-17(24)19-15/h6,8-10,15H,2,5,7H2,1,3-4H3,(H2,19,20,23,24). The van der Waals surface area contributed by atoms with Crippen molar-refractivity contribution in [2.75, 3.05) is 0 Å². The normalized spacial score (nSPS) is 18.5. The van der Waals surface area contributed by atoms with Gasteiger partial charge in [0.05, 0.1) is 0 Å². The van der Waals surface area contributed by atoms with E-state index in [9.17, 15) is 14.4 Å². The predicted octanol–water partition coefficient (Wildman–Crippen LogP) is 2.50. The van der Waals surface area contributed by atoms with E-state index in [1.165, 1.54) is 6.08 Å². The minimum atomic E-state index is -0.906. The third-order valence-corrected chi connectivity index (χ3v) is 3.95. The molecular weight excluding hydrogens is 324 g/mol. The number of carbonyl (C=O) groups excluding carboxylic acids is 3. The van der Waals surface area contributed by atoms with Gasteiger partial charge < -0.3 is 14.6 Å². The minimum absolute atomic E-state index is 0.0182. The molecule has 1 aliphatic heterocycles. The summed E-state index contributed by atoms with van der Waals surface area (Å²) in [5.41, 5.74) is 0.437. The molecular formula is C17H22N4O4. The number of amides is 4. The Bertz CT molecular complexity index is 722. The number of imide groups is 1. The predicted molar refractivity (Wildman–Crippen MR) is 93.3 cm³/mol. The van der Waals surface area contributed by atoms with E-state index in [1.54, 1.807) is 17.9 Å². The van der Waals surface area contributed by atoms with Crippen LogP contribution < -0.4 is 10.6 Å². The number of hydrogen-bond acceptors (Lipinski definition) is 5. The molecule has 25 heavy (non-hydrogen) atoms. The van der Waals surface area contributed by atoms with Gasteiger partial charge in [-0.1, -0.05) is 19.9 Å². The first kappa shape index (κ1) is 18.4. The first-order valence-corrected chi connectivity index (χ1v) is 8.07. The molecule has 1 saturated heterocycles. The topological polar surface area (TPSA) is 104 Å². The molecule has 2 heterocycles. The van der Waals surface area contributed by atoms with E-state index in [-0.39, 0.29) is 11.8 Å². The second kappa shape index (κ2) is 7.78. The van der Waals surface area contributed by atoms with E-state index in [0.29, 0.717) is 17.3 Å². The summed E-state index contributed by atoms with van der Waals surface area (Å²) in [4.78, 5) is 40.4. The number of urea groups is 1. The lowest BCUT2D eigenvalue weighted by Gasteiger charge is -2.24. The van der Waals surface area contributed by atoms with E-state index in [1.807, 2.05) is 13.8 Å². The average molecular weight is 346 g/mol. The summed E-state index contributed by atoms with van der Waals surface area (Å²) < 4.78 is 5.58. The first-order chi connectivity index (χ1) is 11.9. The van der Waals surface area contributed by atoms with Crippen LogP contribution in [0.15, 0.2) is 22.1 Å². The fourth-order valence-corrected chi connectivity index (χ4v) is 2.70. The molecule has 0 aromatic carbocycles. The number of hydrogen-bond donors (Lipinski definition) is 2. The highest BCUT2D eigenvalue weighted by Gasteiger charge is 2.34. The van der Waals surface area contributed by atoms with Crippen molar-refractivity contribution in [1.82, 2.24) is 15.5 Å². The Balaban J connectivity index is 2.32. The van der Waals surface area contributed by atoms with Crippen LogP contribution in [0.25, 0.3) is 6.08 Å². The van der Waals surface area contributed by atoms with Gasteiger partial charge in [0.15, 0.2) is 11.8 Å². The molecule has 4 amide bonds. The molecule has 8 nitrogen and oxygen atoms in total. The Morgan fingerprint density at radius 1 is 1.52 bits per heavy atom. The van der Waals surface area contributed by atoms with Crippen LogP contribution in [0.5, 0.6) is 0 Å². The number of amidine groups is 1. The van der Waals surface area contributed by atoms with Crippen molar-refractivity contribution in [1.29, 1.82) is 0 Å². The maximum atomic E-state index is 11.8. The van der Waals surface area contributed by atoms with Gasteiger partial charge >= 0.3 is 6.03 Å². The zero-order valence-corrected chi connectivity index (χ0v) is 14.5. The highest BCUT2D eigenvalue weighted by Crippen LogP contribution is 2.30. The van der Waals surface area contributed by atoms with Crippen LogP contribution >= 0.6 is 0 Å². The van der Waals surface area contributed by atoms with Crippen molar-refractivity contribution in [3.63, 3.8) is 0 Å². The molecule has 0 saturated carbocycles. The summed E-state index contributed by atoms with van der Waals surface area (Å²) in [6.07, 6.45) is 4.01. The lowest BCUT2D eigenvalue weighted by atomic mass is 10.2. The van der Waals surface area contributed by atoms with Crippen LogP contribution in [-0.4, -0.2) is 35.1 Å². The molecule has 0 radical (unpaired) electrons. The van der Waals surface area contributed by atoms with Crippen molar-refractivity contribution in [2.45, 2.75) is 45.7 Å². The van der Waals surface area contributed by atoms with Gasteiger partial charge in [-0.15, -0.1) is 0 Å². The average Bonchev–Trinajstić information content (AvgIpc) is 3.10. The Morgan fingerprint density at radius 2 is 2.24 bits per heavy atom. The largest absolute Gasteiger partial charge is 0.457 e. The van der Waals surface area contributed by atoms with E-state index in [0.717, 1.165) is 19.3 Å². The number of rotatable bonds is 7. The fraction of sp³-hybridized carbons (Fsp3) is 0.412. The van der Waals surface area contributed by atoms with Gasteiger partial charge in [0.2, 0.25) is 6.41 Å². The molecule has 2 rings (SSSR count). The van der Waals surface area contributed by atoms with Gasteiger partial charge in [0.25, 0.3) is 5.91 Å². The minimum Gasteiger partial charge on any atom is -0.457 e. The number of aliphatic imine (C=N–C) groups is 1. The molecule has 1 aromatic heterocycles. The lowest BCUT2D eigenvalue weighted by molar-refractivity contribution is -0.120. The molecule has 2 N–H and O–H groups in total. The molecule has 2 unspecified atom stereocenters. The SMILES string of the molecule is C=Cc1oc(C2NC(=O)NC2=O)cc1N=C(C)N(C=O)C(C)CCC. The summed E-state index contributed by atoms with van der Waals surface area (Å²) in [7, 11) is 0. The summed E-state index contributed by atoms with van der Waals surface area (Å²) >= 11 is 0. The monoisotopic (exact) mass is 346 g/mol. The Hall–Kier alpha value is -2.90. The summed E-state index contributed by atoms with van der Waals surface area (Å²) in [6.45, 7) is 9.39. The lowest BCUT2D eigenvalue weighted by Crippen LogP contribution is -2.35. The Kier molecular flexibility index (Phi) is 5.74. The van der Waals surface area contributed by atoms with Gasteiger partial charge in [-0.3, -0.25) is 14.9 Å². The molecule has 1 aromatic rings. The third-order valence-electron chi connectivity index (χ3n) is 3.95. The molecule has 0 bridgehead atoms. The van der Waals surface area contributed by atoms with E-state index in [2.05, 4.69) is 22.2 Å². The van der Waals surface area contributed by atoms with Crippen LogP contribution in [0.4, 0.5) is 10.5 Å². The van der Waals surface area contributed by atoms with Gasteiger partial charge in [-0.05, 0) is 26.3 Å². The molecule has 0 spiro atoms. The zero-order chi connectivity index (χ0) is 18.6. The molecule has 0 aliphatic carbocycles. The van der Waals surface area contributed by atoms with Crippen LogP contribution in [-0.2, 0) is 9.59 Å². The summed E-state index contributed by atoms with van der Waals surface area (Å²) in [6, 6.07) is 0.0961. The molecule has 1 aliphatic rings. The second-order valence-electron chi connectivity index (χ2n) is 5.81. The van der Waals surface area contributed by atoms with Gasteiger partial charge in [0.1, 0.15) is 17.3 Å². The van der Waals surface area contributed by atoms with Crippen molar-refractivity contribution in [2.24, 2.45) is 4.99 Å². The van der Waals surface area contributed by atoms with Crippen molar-refractivity contribution < 1.29 is 18.8 Å². The van der Waals surface area contributed by atoms with Gasteiger partial charge in [-0.2, -0.15) is 0 Å². The van der Waals surface area contributed by atoms with E-state index < -0.39 is 18.0 Å². The van der Waals surface area contributed by atoms with Crippen LogP contribution in [0, 0.1) is 0 Å². The van der Waals surface area contributed by atoms with Crippen LogP contribution in [0.1, 0.15) is 51.2 Å². The Labute approximate surface area is 146 Å². The quantitative estimate of drug-likeness (QED) is 0.342.